The highest BCUT2D eigenvalue weighted by Gasteiger charge is 2.45. The van der Waals surface area contributed by atoms with E-state index in [1.54, 1.807) is 0 Å². The minimum absolute atomic E-state index is 0.196. The molecule has 0 aliphatic carbocycles. The molecule has 2 aliphatic heterocycles. The van der Waals surface area contributed by atoms with Crippen LogP contribution in [0.5, 0.6) is 0 Å². The number of aliphatic carboxylic acids is 1. The average molecular weight is 310 g/mol. The number of nitrogens with zero attached hydrogens (tertiary/aromatic N) is 2. The van der Waals surface area contributed by atoms with Crippen molar-refractivity contribution in [2.75, 3.05) is 44.2 Å². The Bertz CT molecular complexity index is 525. The lowest BCUT2D eigenvalue weighted by atomic mass is 9.86. The lowest BCUT2D eigenvalue weighted by Gasteiger charge is -2.53. The standard InChI is InChI=1S/C15H20ClN3O2/c16-12-3-1-2-4-13(12)18-5-7-19(8-6-18)15(9-14(20)21)10-17-11-15/h1-4,17H,5-11H2,(H,20,21). The van der Waals surface area contributed by atoms with Crippen LogP contribution in [0.4, 0.5) is 5.69 Å². The van der Waals surface area contributed by atoms with Gasteiger partial charge in [-0.15, -0.1) is 0 Å². The zero-order valence-electron chi connectivity index (χ0n) is 11.9. The van der Waals surface area contributed by atoms with Crippen LogP contribution in [0, 0.1) is 0 Å². The Kier molecular flexibility index (Phi) is 4.06. The third-order valence-corrected chi connectivity index (χ3v) is 4.85. The van der Waals surface area contributed by atoms with Crippen molar-refractivity contribution < 1.29 is 9.90 Å². The summed E-state index contributed by atoms with van der Waals surface area (Å²) in [6.45, 7) is 5.05. The van der Waals surface area contributed by atoms with Gasteiger partial charge in [-0.25, -0.2) is 0 Å². The van der Waals surface area contributed by atoms with Gasteiger partial charge in [-0.2, -0.15) is 0 Å². The maximum Gasteiger partial charge on any atom is 0.305 e. The number of rotatable bonds is 4. The lowest BCUT2D eigenvalue weighted by molar-refractivity contribution is -0.142. The molecule has 2 aliphatic rings. The number of benzene rings is 1. The number of halogens is 1. The van der Waals surface area contributed by atoms with Crippen molar-refractivity contribution in [1.82, 2.24) is 10.2 Å². The van der Waals surface area contributed by atoms with Crippen LogP contribution in [0.1, 0.15) is 6.42 Å². The van der Waals surface area contributed by atoms with Crippen LogP contribution in [0.25, 0.3) is 0 Å². The first-order valence-corrected chi connectivity index (χ1v) is 7.66. The quantitative estimate of drug-likeness (QED) is 0.877. The van der Waals surface area contributed by atoms with Gasteiger partial charge in [-0.05, 0) is 12.1 Å². The van der Waals surface area contributed by atoms with Gasteiger partial charge in [-0.1, -0.05) is 23.7 Å². The molecule has 0 radical (unpaired) electrons. The Morgan fingerprint density at radius 3 is 2.43 bits per heavy atom. The Balaban J connectivity index is 1.65. The monoisotopic (exact) mass is 309 g/mol. The van der Waals surface area contributed by atoms with Gasteiger partial charge >= 0.3 is 5.97 Å². The summed E-state index contributed by atoms with van der Waals surface area (Å²) < 4.78 is 0. The third kappa shape index (κ3) is 2.86. The fourth-order valence-corrected chi connectivity index (χ4v) is 3.54. The van der Waals surface area contributed by atoms with Crippen LogP contribution >= 0.6 is 11.6 Å². The molecule has 2 N–H and O–H groups in total. The molecular formula is C15H20ClN3O2. The van der Waals surface area contributed by atoms with Crippen molar-refractivity contribution in [1.29, 1.82) is 0 Å². The zero-order chi connectivity index (χ0) is 14.9. The highest BCUT2D eigenvalue weighted by atomic mass is 35.5. The van der Waals surface area contributed by atoms with Gasteiger partial charge in [0.15, 0.2) is 0 Å². The number of hydrogen-bond donors (Lipinski definition) is 2. The first kappa shape index (κ1) is 14.6. The molecule has 0 aromatic heterocycles. The number of para-hydroxylation sites is 1. The number of hydrogen-bond acceptors (Lipinski definition) is 4. The van der Waals surface area contributed by atoms with E-state index in [-0.39, 0.29) is 12.0 Å². The molecule has 2 heterocycles. The number of carboxylic acids is 1. The highest BCUT2D eigenvalue weighted by Crippen LogP contribution is 2.30. The van der Waals surface area contributed by atoms with E-state index < -0.39 is 5.97 Å². The molecule has 0 bridgehead atoms. The van der Waals surface area contributed by atoms with Gasteiger partial charge in [0.25, 0.3) is 0 Å². The van der Waals surface area contributed by atoms with Gasteiger partial charge in [0.05, 0.1) is 22.7 Å². The molecule has 6 heteroatoms. The third-order valence-electron chi connectivity index (χ3n) is 4.53. The first-order valence-electron chi connectivity index (χ1n) is 7.28. The SMILES string of the molecule is O=C(O)CC1(N2CCN(c3ccccc3Cl)CC2)CNC1. The van der Waals surface area contributed by atoms with E-state index in [9.17, 15) is 4.79 Å². The second-order valence-corrected chi connectivity index (χ2v) is 6.23. The molecular weight excluding hydrogens is 290 g/mol. The van der Waals surface area contributed by atoms with E-state index in [0.717, 1.165) is 50.0 Å². The van der Waals surface area contributed by atoms with E-state index in [1.165, 1.54) is 0 Å². The van der Waals surface area contributed by atoms with Crippen LogP contribution in [-0.2, 0) is 4.79 Å². The number of piperazine rings is 1. The Morgan fingerprint density at radius 1 is 1.24 bits per heavy atom. The predicted molar refractivity (Wildman–Crippen MR) is 83.1 cm³/mol. The Hall–Kier alpha value is -1.30. The van der Waals surface area contributed by atoms with Crippen molar-refractivity contribution in [2.24, 2.45) is 0 Å². The molecule has 5 nitrogen and oxygen atoms in total. The molecule has 0 saturated carbocycles. The second kappa shape index (κ2) is 5.83. The molecule has 0 atom stereocenters. The number of anilines is 1. The zero-order valence-corrected chi connectivity index (χ0v) is 12.6. The molecule has 0 unspecified atom stereocenters. The van der Waals surface area contributed by atoms with Gasteiger partial charge < -0.3 is 15.3 Å². The molecule has 2 fully saturated rings. The predicted octanol–water partition coefficient (Wildman–Crippen LogP) is 1.28. The van der Waals surface area contributed by atoms with E-state index in [2.05, 4.69) is 15.1 Å². The first-order chi connectivity index (χ1) is 10.1. The molecule has 0 amide bonds. The topological polar surface area (TPSA) is 55.8 Å². The van der Waals surface area contributed by atoms with Gasteiger partial charge in [0, 0.05) is 39.3 Å². The number of carbonyl (C=O) groups is 1. The van der Waals surface area contributed by atoms with Crippen LogP contribution in [0.3, 0.4) is 0 Å². The van der Waals surface area contributed by atoms with E-state index >= 15 is 0 Å². The number of carboxylic acid groups (broad SMARTS) is 1. The van der Waals surface area contributed by atoms with Gasteiger partial charge in [-0.3, -0.25) is 9.69 Å². The highest BCUT2D eigenvalue weighted by molar-refractivity contribution is 6.33. The van der Waals surface area contributed by atoms with E-state index in [0.29, 0.717) is 0 Å². The lowest BCUT2D eigenvalue weighted by Crippen LogP contribution is -2.72. The molecule has 0 spiro atoms. The van der Waals surface area contributed by atoms with Crippen LogP contribution in [0.15, 0.2) is 24.3 Å². The summed E-state index contributed by atoms with van der Waals surface area (Å²) >= 11 is 6.25. The second-order valence-electron chi connectivity index (χ2n) is 5.82. The van der Waals surface area contributed by atoms with E-state index in [1.807, 2.05) is 24.3 Å². The van der Waals surface area contributed by atoms with Crippen molar-refractivity contribution in [2.45, 2.75) is 12.0 Å². The molecule has 2 saturated heterocycles. The molecule has 114 valence electrons. The fourth-order valence-electron chi connectivity index (χ4n) is 3.29. The van der Waals surface area contributed by atoms with Gasteiger partial charge in [0.1, 0.15) is 0 Å². The summed E-state index contributed by atoms with van der Waals surface area (Å²) in [6, 6.07) is 7.88. The summed E-state index contributed by atoms with van der Waals surface area (Å²) in [5, 5.41) is 13.1. The summed E-state index contributed by atoms with van der Waals surface area (Å²) in [4.78, 5) is 15.7. The fraction of sp³-hybridized carbons (Fsp3) is 0.533. The van der Waals surface area contributed by atoms with Crippen molar-refractivity contribution >= 4 is 23.3 Å². The Morgan fingerprint density at radius 2 is 1.90 bits per heavy atom. The van der Waals surface area contributed by atoms with Crippen LogP contribution < -0.4 is 10.2 Å². The van der Waals surface area contributed by atoms with Crippen LogP contribution in [-0.4, -0.2) is 60.8 Å². The largest absolute Gasteiger partial charge is 0.481 e. The van der Waals surface area contributed by atoms with Gasteiger partial charge in [0.2, 0.25) is 0 Å². The maximum atomic E-state index is 11.1. The molecule has 1 aromatic rings. The maximum absolute atomic E-state index is 11.1. The summed E-state index contributed by atoms with van der Waals surface area (Å²) in [5.41, 5.74) is 0.871. The molecule has 3 rings (SSSR count). The minimum Gasteiger partial charge on any atom is -0.481 e. The molecule has 1 aromatic carbocycles. The minimum atomic E-state index is -0.718. The summed E-state index contributed by atoms with van der Waals surface area (Å²) in [6.07, 6.45) is 0.214. The molecule has 21 heavy (non-hydrogen) atoms. The smallest absolute Gasteiger partial charge is 0.305 e. The van der Waals surface area contributed by atoms with Crippen LogP contribution in [0.2, 0.25) is 5.02 Å². The van der Waals surface area contributed by atoms with Crippen molar-refractivity contribution in [3.63, 3.8) is 0 Å². The van der Waals surface area contributed by atoms with E-state index in [4.69, 9.17) is 16.7 Å². The number of nitrogens with one attached hydrogen (secondary N) is 1. The normalized spacial score (nSPS) is 21.9. The average Bonchev–Trinajstić information content (AvgIpc) is 2.44. The Labute approximate surface area is 129 Å². The summed E-state index contributed by atoms with van der Waals surface area (Å²) in [5.74, 6) is -0.718. The van der Waals surface area contributed by atoms with Crippen molar-refractivity contribution in [3.05, 3.63) is 29.3 Å². The summed E-state index contributed by atoms with van der Waals surface area (Å²) in [7, 11) is 0. The van der Waals surface area contributed by atoms with Crippen molar-refractivity contribution in [3.8, 4) is 0 Å².